The number of piperazine rings is 1. The third-order valence-electron chi connectivity index (χ3n) is 4.86. The van der Waals surface area contributed by atoms with Crippen LogP contribution in [-0.2, 0) is 6.42 Å². The number of aromatic nitrogens is 4. The minimum Gasteiger partial charge on any atom is -0.459 e. The van der Waals surface area contributed by atoms with Crippen molar-refractivity contribution in [2.75, 3.05) is 36.9 Å². The summed E-state index contributed by atoms with van der Waals surface area (Å²) in [5, 5.41) is 6.30. The molecule has 10 heteroatoms. The predicted octanol–water partition coefficient (Wildman–Crippen LogP) is 1.96. The Labute approximate surface area is 177 Å². The molecule has 1 saturated heterocycles. The fourth-order valence-corrected chi connectivity index (χ4v) is 3.66. The Balaban J connectivity index is 0.000000181. The fraction of sp³-hybridized carbons (Fsp3) is 0.300. The normalized spacial score (nSPS) is 14.0. The summed E-state index contributed by atoms with van der Waals surface area (Å²) < 4.78 is 6.70. The van der Waals surface area contributed by atoms with Crippen LogP contribution in [0.1, 0.15) is 12.7 Å². The van der Waals surface area contributed by atoms with Gasteiger partial charge in [-0.3, -0.25) is 4.79 Å². The molecular weight excluding hydrogens is 406 g/mol. The quantitative estimate of drug-likeness (QED) is 0.498. The van der Waals surface area contributed by atoms with E-state index < -0.39 is 0 Å². The molecule has 5 rings (SSSR count). The zero-order chi connectivity index (χ0) is 21.1. The molecular formula is C20H22ClN7O2. The molecule has 30 heavy (non-hydrogen) atoms. The molecule has 1 aliphatic rings. The van der Waals surface area contributed by atoms with Gasteiger partial charge in [0.05, 0.1) is 22.2 Å². The summed E-state index contributed by atoms with van der Waals surface area (Å²) in [7, 11) is 0. The number of anilines is 1. The lowest BCUT2D eigenvalue weighted by molar-refractivity contribution is 0.468. The first kappa shape index (κ1) is 20.1. The Bertz CT molecular complexity index is 1230. The standard InChI is InChI=1S/C14H17ClN4O.C6H5N3O/c1-2-12-17-11-5-3-4-10(15)13(11)14(20)19(12)18-8-6-16-7-9-18;7-6-5-4(1-2-10-5)8-3-9-6/h3-5,16H,2,6-9H2,1H3;1-3H,(H2,7,8,9). The molecule has 9 nitrogen and oxygen atoms in total. The van der Waals surface area contributed by atoms with Gasteiger partial charge >= 0.3 is 0 Å². The lowest BCUT2D eigenvalue weighted by Crippen LogP contribution is -2.53. The topological polar surface area (TPSA) is 115 Å². The number of nitrogens with zero attached hydrogens (tertiary/aromatic N) is 5. The number of benzene rings is 1. The average Bonchev–Trinajstić information content (AvgIpc) is 3.25. The smallest absolute Gasteiger partial charge is 0.281 e. The van der Waals surface area contributed by atoms with E-state index in [1.807, 2.05) is 24.1 Å². The number of nitrogens with two attached hydrogens (primary N) is 1. The molecule has 1 aromatic carbocycles. The number of nitrogens with one attached hydrogen (secondary N) is 1. The van der Waals surface area contributed by atoms with Crippen molar-refractivity contribution in [3.05, 3.63) is 58.1 Å². The van der Waals surface area contributed by atoms with Crippen molar-refractivity contribution in [3.63, 3.8) is 0 Å². The molecule has 3 aromatic heterocycles. The van der Waals surface area contributed by atoms with E-state index in [1.54, 1.807) is 16.8 Å². The summed E-state index contributed by atoms with van der Waals surface area (Å²) >= 11 is 6.18. The van der Waals surface area contributed by atoms with E-state index in [9.17, 15) is 4.79 Å². The lowest BCUT2D eigenvalue weighted by atomic mass is 10.2. The molecule has 0 atom stereocenters. The number of aryl methyl sites for hydroxylation is 1. The molecule has 0 unspecified atom stereocenters. The van der Waals surface area contributed by atoms with Crippen molar-refractivity contribution in [1.29, 1.82) is 0 Å². The van der Waals surface area contributed by atoms with Crippen LogP contribution in [0.4, 0.5) is 5.82 Å². The van der Waals surface area contributed by atoms with Crippen LogP contribution in [-0.4, -0.2) is 45.8 Å². The van der Waals surface area contributed by atoms with Gasteiger partial charge in [0.1, 0.15) is 17.7 Å². The number of hydrogen-bond acceptors (Lipinski definition) is 8. The third-order valence-corrected chi connectivity index (χ3v) is 5.17. The zero-order valence-corrected chi connectivity index (χ0v) is 17.3. The monoisotopic (exact) mass is 427 g/mol. The Hall–Kier alpha value is -3.17. The number of halogens is 1. The second kappa shape index (κ2) is 8.68. The van der Waals surface area contributed by atoms with E-state index in [1.165, 1.54) is 12.6 Å². The Kier molecular flexibility index (Phi) is 5.82. The van der Waals surface area contributed by atoms with Crippen molar-refractivity contribution in [2.45, 2.75) is 13.3 Å². The second-order valence-electron chi connectivity index (χ2n) is 6.73. The van der Waals surface area contributed by atoms with Crippen molar-refractivity contribution in [3.8, 4) is 0 Å². The first-order chi connectivity index (χ1) is 14.6. The summed E-state index contributed by atoms with van der Waals surface area (Å²) in [5.41, 5.74) is 7.36. The molecule has 0 radical (unpaired) electrons. The highest BCUT2D eigenvalue weighted by Crippen LogP contribution is 2.19. The van der Waals surface area contributed by atoms with Crippen LogP contribution >= 0.6 is 11.6 Å². The van der Waals surface area contributed by atoms with E-state index in [4.69, 9.17) is 21.8 Å². The number of nitrogen functional groups attached to an aromatic ring is 1. The molecule has 0 spiro atoms. The molecule has 1 aliphatic heterocycles. The summed E-state index contributed by atoms with van der Waals surface area (Å²) in [5.74, 6) is 1.17. The third kappa shape index (κ3) is 3.81. The first-order valence-corrected chi connectivity index (χ1v) is 10.1. The van der Waals surface area contributed by atoms with Gasteiger partial charge in [-0.15, -0.1) is 0 Å². The summed E-state index contributed by atoms with van der Waals surface area (Å²) in [6.07, 6.45) is 3.66. The van der Waals surface area contributed by atoms with Crippen molar-refractivity contribution in [1.82, 2.24) is 24.9 Å². The largest absolute Gasteiger partial charge is 0.459 e. The number of furan rings is 1. The molecule has 0 saturated carbocycles. The average molecular weight is 428 g/mol. The van der Waals surface area contributed by atoms with E-state index in [2.05, 4.69) is 20.3 Å². The van der Waals surface area contributed by atoms with Crippen molar-refractivity contribution >= 4 is 39.4 Å². The van der Waals surface area contributed by atoms with E-state index in [-0.39, 0.29) is 5.56 Å². The summed E-state index contributed by atoms with van der Waals surface area (Å²) in [6, 6.07) is 7.14. The van der Waals surface area contributed by atoms with Crippen molar-refractivity contribution < 1.29 is 4.42 Å². The van der Waals surface area contributed by atoms with Crippen LogP contribution in [0.2, 0.25) is 5.02 Å². The molecule has 156 valence electrons. The zero-order valence-electron chi connectivity index (χ0n) is 16.5. The Morgan fingerprint density at radius 2 is 2.00 bits per heavy atom. The summed E-state index contributed by atoms with van der Waals surface area (Å²) in [4.78, 5) is 25.1. The summed E-state index contributed by atoms with van der Waals surface area (Å²) in [6.45, 7) is 5.35. The van der Waals surface area contributed by atoms with Gasteiger partial charge < -0.3 is 20.5 Å². The minimum absolute atomic E-state index is 0.0700. The molecule has 4 aromatic rings. The molecule has 0 bridgehead atoms. The van der Waals surface area contributed by atoms with Crippen LogP contribution < -0.4 is 21.6 Å². The van der Waals surface area contributed by atoms with Crippen LogP contribution in [0.15, 0.2) is 46.1 Å². The SMILES string of the molecule is CCc1nc2cccc(Cl)c2c(=O)n1N1CCNCC1.Nc1ncnc2ccoc12. The maximum atomic E-state index is 12.8. The second-order valence-corrected chi connectivity index (χ2v) is 7.14. The van der Waals surface area contributed by atoms with E-state index in [0.29, 0.717) is 33.7 Å². The fourth-order valence-electron chi connectivity index (χ4n) is 3.41. The number of fused-ring (bicyclic) bond motifs is 2. The van der Waals surface area contributed by atoms with Crippen molar-refractivity contribution in [2.24, 2.45) is 0 Å². The first-order valence-electron chi connectivity index (χ1n) is 9.70. The van der Waals surface area contributed by atoms with Gasteiger partial charge in [0.15, 0.2) is 11.4 Å². The number of hydrogen-bond donors (Lipinski definition) is 2. The van der Waals surface area contributed by atoms with Crippen LogP contribution in [0.5, 0.6) is 0 Å². The van der Waals surface area contributed by atoms with Gasteiger partial charge in [0.25, 0.3) is 5.56 Å². The lowest BCUT2D eigenvalue weighted by Gasteiger charge is -2.32. The van der Waals surface area contributed by atoms with Gasteiger partial charge in [-0.2, -0.15) is 0 Å². The molecule has 1 fully saturated rings. The predicted molar refractivity (Wildman–Crippen MR) is 117 cm³/mol. The molecule has 4 heterocycles. The Morgan fingerprint density at radius 3 is 2.73 bits per heavy atom. The Morgan fingerprint density at radius 1 is 1.20 bits per heavy atom. The highest BCUT2D eigenvalue weighted by Gasteiger charge is 2.18. The minimum atomic E-state index is -0.0700. The van der Waals surface area contributed by atoms with Gasteiger partial charge in [-0.1, -0.05) is 24.6 Å². The van der Waals surface area contributed by atoms with Crippen LogP contribution in [0, 0.1) is 0 Å². The van der Waals surface area contributed by atoms with Gasteiger partial charge in [-0.25, -0.2) is 19.6 Å². The van der Waals surface area contributed by atoms with Gasteiger partial charge in [0, 0.05) is 38.7 Å². The molecule has 0 aliphatic carbocycles. The van der Waals surface area contributed by atoms with Gasteiger partial charge in [-0.05, 0) is 12.1 Å². The van der Waals surface area contributed by atoms with Crippen LogP contribution in [0.25, 0.3) is 22.0 Å². The molecule has 3 N–H and O–H groups in total. The van der Waals surface area contributed by atoms with E-state index in [0.717, 1.165) is 37.5 Å². The molecule has 0 amide bonds. The van der Waals surface area contributed by atoms with E-state index >= 15 is 0 Å². The van der Waals surface area contributed by atoms with Crippen LogP contribution in [0.3, 0.4) is 0 Å². The highest BCUT2D eigenvalue weighted by atomic mass is 35.5. The van der Waals surface area contributed by atoms with Gasteiger partial charge in [0.2, 0.25) is 0 Å². The maximum absolute atomic E-state index is 12.8. The maximum Gasteiger partial charge on any atom is 0.281 e. The number of rotatable bonds is 2. The highest BCUT2D eigenvalue weighted by molar-refractivity contribution is 6.35.